The minimum Gasteiger partial charge on any atom is -0.496 e. The standard InChI is InChI=1S/C26H35FN2O4S/c1-17(2)23-15-24(18(3)14-25(23)33-5)19(4)28-26(30)21-10-12-29(13-11-21)34(31,32)16-20-6-8-22(27)9-7-20/h6-9,14-15,17,19,21H,10-13,16H2,1-5H3,(H,28,30)/t19-/m1/s1. The van der Waals surface area contributed by atoms with Gasteiger partial charge < -0.3 is 10.1 Å². The Morgan fingerprint density at radius 2 is 1.74 bits per heavy atom. The molecule has 1 N–H and O–H groups in total. The van der Waals surface area contributed by atoms with Crippen molar-refractivity contribution < 1.29 is 22.3 Å². The van der Waals surface area contributed by atoms with E-state index < -0.39 is 15.8 Å². The number of nitrogens with one attached hydrogen (secondary N) is 1. The number of rotatable bonds is 8. The van der Waals surface area contributed by atoms with Gasteiger partial charge in [0.2, 0.25) is 15.9 Å². The molecule has 1 heterocycles. The second-order valence-electron chi connectivity index (χ2n) is 9.39. The van der Waals surface area contributed by atoms with E-state index in [0.717, 1.165) is 22.4 Å². The molecule has 0 aromatic heterocycles. The van der Waals surface area contributed by atoms with Crippen molar-refractivity contribution in [3.8, 4) is 5.75 Å². The van der Waals surface area contributed by atoms with Gasteiger partial charge in [0.25, 0.3) is 0 Å². The fraction of sp³-hybridized carbons (Fsp3) is 0.500. The highest BCUT2D eigenvalue weighted by Crippen LogP contribution is 2.32. The summed E-state index contributed by atoms with van der Waals surface area (Å²) in [6.45, 7) is 8.80. The van der Waals surface area contributed by atoms with Crippen molar-refractivity contribution in [1.29, 1.82) is 0 Å². The topological polar surface area (TPSA) is 75.7 Å². The maximum atomic E-state index is 13.1. The van der Waals surface area contributed by atoms with Crippen LogP contribution in [0.2, 0.25) is 0 Å². The summed E-state index contributed by atoms with van der Waals surface area (Å²) in [4.78, 5) is 13.0. The van der Waals surface area contributed by atoms with Crippen molar-refractivity contribution in [3.63, 3.8) is 0 Å². The number of sulfonamides is 1. The largest absolute Gasteiger partial charge is 0.496 e. The average Bonchev–Trinajstić information content (AvgIpc) is 2.79. The van der Waals surface area contributed by atoms with E-state index in [2.05, 4.69) is 25.2 Å². The first-order chi connectivity index (χ1) is 16.0. The number of hydrogen-bond acceptors (Lipinski definition) is 4. The molecule has 1 aliphatic heterocycles. The number of ether oxygens (including phenoxy) is 1. The molecule has 0 spiro atoms. The monoisotopic (exact) mass is 490 g/mol. The molecule has 1 atom stereocenters. The number of carbonyl (C=O) groups is 1. The van der Waals surface area contributed by atoms with Crippen LogP contribution in [0.4, 0.5) is 4.39 Å². The van der Waals surface area contributed by atoms with Gasteiger partial charge >= 0.3 is 0 Å². The van der Waals surface area contributed by atoms with Crippen molar-refractivity contribution in [2.45, 2.75) is 58.2 Å². The van der Waals surface area contributed by atoms with Crippen molar-refractivity contribution in [2.24, 2.45) is 5.92 Å². The Balaban J connectivity index is 1.60. The van der Waals surface area contributed by atoms with Crippen LogP contribution >= 0.6 is 0 Å². The minimum atomic E-state index is -3.52. The molecule has 34 heavy (non-hydrogen) atoms. The Morgan fingerprint density at radius 3 is 2.29 bits per heavy atom. The van der Waals surface area contributed by atoms with Crippen molar-refractivity contribution in [3.05, 3.63) is 64.5 Å². The Hall–Kier alpha value is -2.45. The van der Waals surface area contributed by atoms with Gasteiger partial charge in [0.15, 0.2) is 0 Å². The molecular weight excluding hydrogens is 455 g/mol. The molecule has 0 bridgehead atoms. The molecule has 3 rings (SSSR count). The molecule has 2 aromatic carbocycles. The number of benzene rings is 2. The zero-order valence-electron chi connectivity index (χ0n) is 20.6. The minimum absolute atomic E-state index is 0.0515. The van der Waals surface area contributed by atoms with E-state index in [1.807, 2.05) is 19.9 Å². The normalized spacial score (nSPS) is 16.4. The third-order valence-electron chi connectivity index (χ3n) is 6.55. The molecule has 6 nitrogen and oxygen atoms in total. The molecular formula is C26H35FN2O4S. The molecule has 1 aliphatic rings. The van der Waals surface area contributed by atoms with Crippen LogP contribution in [0.15, 0.2) is 36.4 Å². The fourth-order valence-electron chi connectivity index (χ4n) is 4.50. The number of piperidine rings is 1. The zero-order valence-corrected chi connectivity index (χ0v) is 21.4. The predicted molar refractivity (Wildman–Crippen MR) is 132 cm³/mol. The van der Waals surface area contributed by atoms with E-state index in [9.17, 15) is 17.6 Å². The number of methoxy groups -OCH3 is 1. The lowest BCUT2D eigenvalue weighted by atomic mass is 9.92. The van der Waals surface area contributed by atoms with Gasteiger partial charge in [0.05, 0.1) is 18.9 Å². The number of aryl methyl sites for hydroxylation is 1. The lowest BCUT2D eigenvalue weighted by Crippen LogP contribution is -2.43. The molecule has 8 heteroatoms. The second kappa shape index (κ2) is 10.9. The van der Waals surface area contributed by atoms with Gasteiger partial charge in [-0.3, -0.25) is 4.79 Å². The summed E-state index contributed by atoms with van der Waals surface area (Å²) in [5, 5.41) is 3.13. The summed E-state index contributed by atoms with van der Waals surface area (Å²) < 4.78 is 45.6. The lowest BCUT2D eigenvalue weighted by molar-refractivity contribution is -0.126. The maximum absolute atomic E-state index is 13.1. The maximum Gasteiger partial charge on any atom is 0.223 e. The van der Waals surface area contributed by atoms with Gasteiger partial charge in [-0.15, -0.1) is 0 Å². The van der Waals surface area contributed by atoms with Crippen LogP contribution < -0.4 is 10.1 Å². The van der Waals surface area contributed by atoms with E-state index in [1.54, 1.807) is 7.11 Å². The number of amides is 1. The smallest absolute Gasteiger partial charge is 0.223 e. The average molecular weight is 491 g/mol. The number of halogens is 1. The molecule has 0 unspecified atom stereocenters. The van der Waals surface area contributed by atoms with E-state index >= 15 is 0 Å². The Labute approximate surface area is 202 Å². The van der Waals surface area contributed by atoms with Gasteiger partial charge in [-0.25, -0.2) is 17.1 Å². The highest BCUT2D eigenvalue weighted by Gasteiger charge is 2.32. The molecule has 0 radical (unpaired) electrons. The summed E-state index contributed by atoms with van der Waals surface area (Å²) in [6, 6.07) is 9.44. The number of hydrogen-bond donors (Lipinski definition) is 1. The van der Waals surface area contributed by atoms with E-state index in [0.29, 0.717) is 37.4 Å². The fourth-order valence-corrected chi connectivity index (χ4v) is 6.06. The molecule has 2 aromatic rings. The second-order valence-corrected chi connectivity index (χ2v) is 11.4. The number of carbonyl (C=O) groups excluding carboxylic acids is 1. The van der Waals surface area contributed by atoms with Crippen LogP contribution in [0.25, 0.3) is 0 Å². The van der Waals surface area contributed by atoms with E-state index in [4.69, 9.17) is 4.74 Å². The Bertz CT molecular complexity index is 1110. The number of nitrogens with zero attached hydrogens (tertiary/aromatic N) is 1. The first-order valence-corrected chi connectivity index (χ1v) is 13.3. The van der Waals surface area contributed by atoms with Crippen molar-refractivity contribution in [2.75, 3.05) is 20.2 Å². The van der Waals surface area contributed by atoms with Gasteiger partial charge in [-0.2, -0.15) is 0 Å². The van der Waals surface area contributed by atoms with Crippen LogP contribution in [-0.2, 0) is 20.6 Å². The van der Waals surface area contributed by atoms with Crippen LogP contribution in [-0.4, -0.2) is 38.8 Å². The third-order valence-corrected chi connectivity index (χ3v) is 8.40. The molecule has 1 amide bonds. The third kappa shape index (κ3) is 6.16. The van der Waals surface area contributed by atoms with Crippen LogP contribution in [0, 0.1) is 18.7 Å². The Kier molecular flexibility index (Phi) is 8.36. The highest BCUT2D eigenvalue weighted by molar-refractivity contribution is 7.88. The van der Waals surface area contributed by atoms with Gasteiger partial charge in [0.1, 0.15) is 11.6 Å². The summed E-state index contributed by atoms with van der Waals surface area (Å²) in [6.07, 6.45) is 0.945. The molecule has 0 aliphatic carbocycles. The SMILES string of the molecule is COc1cc(C)c([C@@H](C)NC(=O)C2CCN(S(=O)(=O)Cc3ccc(F)cc3)CC2)cc1C(C)C. The van der Waals surface area contributed by atoms with Gasteiger partial charge in [0, 0.05) is 19.0 Å². The van der Waals surface area contributed by atoms with Crippen LogP contribution in [0.5, 0.6) is 5.75 Å². The lowest BCUT2D eigenvalue weighted by Gasteiger charge is -2.31. The first kappa shape index (κ1) is 26.2. The van der Waals surface area contributed by atoms with E-state index in [1.165, 1.54) is 28.6 Å². The summed E-state index contributed by atoms with van der Waals surface area (Å²) in [5.41, 5.74) is 3.75. The summed E-state index contributed by atoms with van der Waals surface area (Å²) >= 11 is 0. The van der Waals surface area contributed by atoms with Crippen LogP contribution in [0.1, 0.15) is 67.8 Å². The summed E-state index contributed by atoms with van der Waals surface area (Å²) in [5.74, 6) is 0.290. The van der Waals surface area contributed by atoms with Crippen molar-refractivity contribution in [1.82, 2.24) is 9.62 Å². The molecule has 0 saturated carbocycles. The summed E-state index contributed by atoms with van der Waals surface area (Å²) in [7, 11) is -1.86. The quantitative estimate of drug-likeness (QED) is 0.583. The Morgan fingerprint density at radius 1 is 1.12 bits per heavy atom. The predicted octanol–water partition coefficient (Wildman–Crippen LogP) is 4.69. The van der Waals surface area contributed by atoms with Crippen molar-refractivity contribution >= 4 is 15.9 Å². The van der Waals surface area contributed by atoms with E-state index in [-0.39, 0.29) is 23.6 Å². The molecule has 186 valence electrons. The van der Waals surface area contributed by atoms with Gasteiger partial charge in [-0.1, -0.05) is 26.0 Å². The van der Waals surface area contributed by atoms with Gasteiger partial charge in [-0.05, 0) is 79.1 Å². The zero-order chi connectivity index (χ0) is 25.0. The molecule has 1 saturated heterocycles. The highest BCUT2D eigenvalue weighted by atomic mass is 32.2. The van der Waals surface area contributed by atoms with Crippen LogP contribution in [0.3, 0.4) is 0 Å². The molecule has 1 fully saturated rings. The first-order valence-electron chi connectivity index (χ1n) is 11.7.